The summed E-state index contributed by atoms with van der Waals surface area (Å²) < 4.78 is 0. The van der Waals surface area contributed by atoms with Gasteiger partial charge in [-0.3, -0.25) is 9.89 Å². The Balaban J connectivity index is 1.29. The summed E-state index contributed by atoms with van der Waals surface area (Å²) in [6.45, 7) is 0. The van der Waals surface area contributed by atoms with E-state index in [0.29, 0.717) is 22.9 Å². The number of hydrogen-bond donors (Lipinski definition) is 2. The molecule has 1 aromatic carbocycles. The van der Waals surface area contributed by atoms with E-state index in [1.165, 1.54) is 37.4 Å². The van der Waals surface area contributed by atoms with Crippen LogP contribution in [-0.2, 0) is 4.79 Å². The lowest BCUT2D eigenvalue weighted by atomic mass is 9.95. The first-order valence-corrected chi connectivity index (χ1v) is 9.16. The van der Waals surface area contributed by atoms with Gasteiger partial charge >= 0.3 is 0 Å². The summed E-state index contributed by atoms with van der Waals surface area (Å²) in [7, 11) is 0. The van der Waals surface area contributed by atoms with E-state index in [2.05, 4.69) is 20.5 Å². The molecule has 23 heavy (non-hydrogen) atoms. The van der Waals surface area contributed by atoms with Gasteiger partial charge in [-0.25, -0.2) is 4.98 Å². The number of H-pyrrole nitrogens is 1. The van der Waals surface area contributed by atoms with E-state index < -0.39 is 0 Å². The predicted octanol–water partition coefficient (Wildman–Crippen LogP) is 2.87. The molecule has 4 rings (SSSR count). The van der Waals surface area contributed by atoms with E-state index in [1.807, 2.05) is 30.3 Å². The second-order valence-corrected chi connectivity index (χ2v) is 7.41. The minimum Gasteiger partial charge on any atom is -0.352 e. The van der Waals surface area contributed by atoms with Crippen molar-refractivity contribution in [2.75, 3.05) is 5.75 Å². The van der Waals surface area contributed by atoms with Crippen LogP contribution >= 0.6 is 11.8 Å². The molecular weight excluding hydrogens is 308 g/mol. The normalized spacial score (nSPS) is 25.7. The highest BCUT2D eigenvalue weighted by molar-refractivity contribution is 7.99. The molecule has 2 aliphatic carbocycles. The summed E-state index contributed by atoms with van der Waals surface area (Å²) >= 11 is 1.38. The van der Waals surface area contributed by atoms with Crippen molar-refractivity contribution >= 4 is 17.7 Å². The highest BCUT2D eigenvalue weighted by Gasteiger charge is 2.39. The molecule has 3 atom stereocenters. The molecule has 0 spiro atoms. The molecular formula is C17H20N4OS. The van der Waals surface area contributed by atoms with Gasteiger partial charge in [0.25, 0.3) is 0 Å². The average molecular weight is 328 g/mol. The van der Waals surface area contributed by atoms with Gasteiger partial charge < -0.3 is 5.32 Å². The van der Waals surface area contributed by atoms with Crippen LogP contribution in [0.3, 0.4) is 0 Å². The maximum absolute atomic E-state index is 12.1. The predicted molar refractivity (Wildman–Crippen MR) is 89.9 cm³/mol. The molecule has 1 heterocycles. The van der Waals surface area contributed by atoms with Crippen molar-refractivity contribution in [1.29, 1.82) is 0 Å². The lowest BCUT2D eigenvalue weighted by Gasteiger charge is -2.22. The smallest absolute Gasteiger partial charge is 0.230 e. The Labute approximate surface area is 139 Å². The Morgan fingerprint density at radius 1 is 1.26 bits per heavy atom. The van der Waals surface area contributed by atoms with E-state index in [4.69, 9.17) is 0 Å². The third-order valence-electron chi connectivity index (χ3n) is 4.93. The topological polar surface area (TPSA) is 70.7 Å². The van der Waals surface area contributed by atoms with Crippen LogP contribution < -0.4 is 5.32 Å². The fourth-order valence-electron chi connectivity index (χ4n) is 3.84. The Morgan fingerprint density at radius 3 is 2.87 bits per heavy atom. The van der Waals surface area contributed by atoms with Crippen molar-refractivity contribution in [2.24, 2.45) is 11.8 Å². The molecule has 120 valence electrons. The Bertz CT molecular complexity index is 687. The van der Waals surface area contributed by atoms with Crippen molar-refractivity contribution in [3.63, 3.8) is 0 Å². The van der Waals surface area contributed by atoms with E-state index in [-0.39, 0.29) is 5.91 Å². The van der Waals surface area contributed by atoms with Gasteiger partial charge in [-0.2, -0.15) is 0 Å². The molecule has 2 fully saturated rings. The number of carbonyl (C=O) groups excluding carboxylic acids is 1. The molecule has 2 N–H and O–H groups in total. The van der Waals surface area contributed by atoms with Crippen LogP contribution in [0.5, 0.6) is 0 Å². The molecule has 0 unspecified atom stereocenters. The van der Waals surface area contributed by atoms with E-state index in [9.17, 15) is 4.79 Å². The lowest BCUT2D eigenvalue weighted by molar-refractivity contribution is -0.119. The number of thioether (sulfide) groups is 1. The number of carbonyl (C=O) groups is 1. The first-order valence-electron chi connectivity index (χ1n) is 8.18. The molecule has 2 aromatic rings. The fraction of sp³-hybridized carbons (Fsp3) is 0.471. The van der Waals surface area contributed by atoms with Gasteiger partial charge in [-0.05, 0) is 31.1 Å². The minimum atomic E-state index is 0.0959. The zero-order chi connectivity index (χ0) is 15.6. The van der Waals surface area contributed by atoms with Crippen LogP contribution in [0.1, 0.15) is 25.7 Å². The summed E-state index contributed by atoms with van der Waals surface area (Å²) in [4.78, 5) is 16.6. The van der Waals surface area contributed by atoms with Crippen LogP contribution in [0.15, 0.2) is 35.5 Å². The zero-order valence-corrected chi connectivity index (χ0v) is 13.7. The van der Waals surface area contributed by atoms with Crippen LogP contribution in [0, 0.1) is 11.8 Å². The van der Waals surface area contributed by atoms with Crippen LogP contribution in [0.2, 0.25) is 0 Å². The highest BCUT2D eigenvalue weighted by atomic mass is 32.2. The molecule has 2 saturated carbocycles. The molecule has 5 nitrogen and oxygen atoms in total. The molecule has 0 aliphatic heterocycles. The van der Waals surface area contributed by atoms with Gasteiger partial charge in [0.1, 0.15) is 0 Å². The molecule has 1 aromatic heterocycles. The molecule has 1 amide bonds. The molecule has 6 heteroatoms. The Kier molecular flexibility index (Phi) is 4.08. The molecule has 0 saturated heterocycles. The standard InChI is InChI=1S/C17H20N4OS/c22-15(18-14-9-11-6-7-13(14)8-11)10-23-17-19-16(20-21-17)12-4-2-1-3-5-12/h1-5,11,13-14H,6-10H2,(H,18,22)(H,19,20,21)/t11-,13+,14+/m0/s1. The summed E-state index contributed by atoms with van der Waals surface area (Å²) in [5, 5.41) is 10.9. The first-order chi connectivity index (χ1) is 11.3. The van der Waals surface area contributed by atoms with E-state index >= 15 is 0 Å². The second-order valence-electron chi connectivity index (χ2n) is 6.47. The van der Waals surface area contributed by atoms with Crippen LogP contribution in [0.25, 0.3) is 11.4 Å². The third kappa shape index (κ3) is 3.27. The van der Waals surface area contributed by atoms with Gasteiger partial charge in [0.15, 0.2) is 5.82 Å². The Morgan fingerprint density at radius 2 is 2.13 bits per heavy atom. The SMILES string of the molecule is O=C(CSc1n[nH]c(-c2ccccc2)n1)N[C@@H]1C[C@H]2CC[C@@H]1C2. The van der Waals surface area contributed by atoms with E-state index in [0.717, 1.165) is 17.3 Å². The van der Waals surface area contributed by atoms with Crippen molar-refractivity contribution < 1.29 is 4.79 Å². The number of rotatable bonds is 5. The summed E-state index contributed by atoms with van der Waals surface area (Å²) in [5.74, 6) is 2.77. The van der Waals surface area contributed by atoms with Crippen molar-refractivity contribution in [2.45, 2.75) is 36.9 Å². The van der Waals surface area contributed by atoms with Gasteiger partial charge in [-0.15, -0.1) is 5.10 Å². The molecule has 0 radical (unpaired) electrons. The zero-order valence-electron chi connectivity index (χ0n) is 12.9. The number of hydrogen-bond acceptors (Lipinski definition) is 4. The van der Waals surface area contributed by atoms with E-state index in [1.54, 1.807) is 0 Å². The maximum Gasteiger partial charge on any atom is 0.230 e. The van der Waals surface area contributed by atoms with Crippen LogP contribution in [-0.4, -0.2) is 32.9 Å². The summed E-state index contributed by atoms with van der Waals surface area (Å²) in [6, 6.07) is 10.3. The number of amides is 1. The van der Waals surface area contributed by atoms with Crippen molar-refractivity contribution in [1.82, 2.24) is 20.5 Å². The van der Waals surface area contributed by atoms with Gasteiger partial charge in [0.2, 0.25) is 11.1 Å². The second kappa shape index (κ2) is 6.35. The largest absolute Gasteiger partial charge is 0.352 e. The molecule has 2 bridgehead atoms. The highest BCUT2D eigenvalue weighted by Crippen LogP contribution is 2.44. The minimum absolute atomic E-state index is 0.0959. The number of aromatic nitrogens is 3. The molecule has 2 aliphatic rings. The van der Waals surface area contributed by atoms with Crippen LogP contribution in [0.4, 0.5) is 0 Å². The van der Waals surface area contributed by atoms with Crippen molar-refractivity contribution in [3.05, 3.63) is 30.3 Å². The summed E-state index contributed by atoms with van der Waals surface area (Å²) in [6.07, 6.45) is 5.11. The number of aromatic amines is 1. The van der Waals surface area contributed by atoms with Gasteiger partial charge in [-0.1, -0.05) is 48.5 Å². The number of benzene rings is 1. The fourth-order valence-corrected chi connectivity index (χ4v) is 4.45. The number of fused-ring (bicyclic) bond motifs is 2. The summed E-state index contributed by atoms with van der Waals surface area (Å²) in [5.41, 5.74) is 0.998. The van der Waals surface area contributed by atoms with Gasteiger partial charge in [0.05, 0.1) is 5.75 Å². The number of nitrogens with zero attached hydrogens (tertiary/aromatic N) is 2. The van der Waals surface area contributed by atoms with Crippen molar-refractivity contribution in [3.8, 4) is 11.4 Å². The average Bonchev–Trinajstić information content (AvgIpc) is 3.30. The Hall–Kier alpha value is -1.82. The monoisotopic (exact) mass is 328 g/mol. The maximum atomic E-state index is 12.1. The van der Waals surface area contributed by atoms with Gasteiger partial charge in [0, 0.05) is 11.6 Å². The number of nitrogens with one attached hydrogen (secondary N) is 2. The lowest BCUT2D eigenvalue weighted by Crippen LogP contribution is -2.39. The quantitative estimate of drug-likeness (QED) is 0.828. The first kappa shape index (κ1) is 14.8. The third-order valence-corrected chi connectivity index (χ3v) is 5.78.